The molecule has 90 valence electrons. The van der Waals surface area contributed by atoms with E-state index in [1.54, 1.807) is 0 Å². The molecule has 0 aliphatic heterocycles. The van der Waals surface area contributed by atoms with Gasteiger partial charge in [-0.3, -0.25) is 0 Å². The SMILES string of the molecule is Cc1cc(C)cc(CNCC(O)C(F)F)c1. The molecule has 4 heteroatoms. The van der Waals surface area contributed by atoms with Gasteiger partial charge in [-0.25, -0.2) is 8.78 Å². The molecule has 1 unspecified atom stereocenters. The fourth-order valence-electron chi connectivity index (χ4n) is 1.62. The van der Waals surface area contributed by atoms with Crippen LogP contribution in [-0.2, 0) is 6.54 Å². The van der Waals surface area contributed by atoms with Crippen LogP contribution in [0.2, 0.25) is 0 Å². The monoisotopic (exact) mass is 229 g/mol. The van der Waals surface area contributed by atoms with Crippen LogP contribution in [0.3, 0.4) is 0 Å². The lowest BCUT2D eigenvalue weighted by atomic mass is 10.1. The Balaban J connectivity index is 2.43. The van der Waals surface area contributed by atoms with E-state index in [1.807, 2.05) is 26.0 Å². The second-order valence-corrected chi connectivity index (χ2v) is 4.03. The van der Waals surface area contributed by atoms with Crippen LogP contribution in [0.5, 0.6) is 0 Å². The molecule has 1 rings (SSSR count). The van der Waals surface area contributed by atoms with Crippen LogP contribution in [0.25, 0.3) is 0 Å². The number of benzene rings is 1. The molecular weight excluding hydrogens is 212 g/mol. The second kappa shape index (κ2) is 5.92. The van der Waals surface area contributed by atoms with Crippen molar-refractivity contribution < 1.29 is 13.9 Å². The Morgan fingerprint density at radius 1 is 1.19 bits per heavy atom. The van der Waals surface area contributed by atoms with Gasteiger partial charge in [0, 0.05) is 13.1 Å². The molecule has 0 aliphatic carbocycles. The third-order valence-corrected chi connectivity index (χ3v) is 2.25. The summed E-state index contributed by atoms with van der Waals surface area (Å²) < 4.78 is 24.0. The van der Waals surface area contributed by atoms with Crippen molar-refractivity contribution in [1.29, 1.82) is 0 Å². The van der Waals surface area contributed by atoms with E-state index in [1.165, 1.54) is 0 Å². The van der Waals surface area contributed by atoms with E-state index in [-0.39, 0.29) is 6.54 Å². The summed E-state index contributed by atoms with van der Waals surface area (Å²) in [5.74, 6) is 0. The Morgan fingerprint density at radius 2 is 1.75 bits per heavy atom. The molecule has 0 fully saturated rings. The lowest BCUT2D eigenvalue weighted by Crippen LogP contribution is -2.31. The van der Waals surface area contributed by atoms with Crippen molar-refractivity contribution in [3.05, 3.63) is 34.9 Å². The van der Waals surface area contributed by atoms with E-state index in [0.717, 1.165) is 16.7 Å². The molecule has 1 aromatic carbocycles. The van der Waals surface area contributed by atoms with Gasteiger partial charge >= 0.3 is 0 Å². The van der Waals surface area contributed by atoms with Crippen LogP contribution < -0.4 is 5.32 Å². The van der Waals surface area contributed by atoms with E-state index in [2.05, 4.69) is 11.4 Å². The highest BCUT2D eigenvalue weighted by Crippen LogP contribution is 2.08. The van der Waals surface area contributed by atoms with Crippen LogP contribution in [0.15, 0.2) is 18.2 Å². The summed E-state index contributed by atoms with van der Waals surface area (Å²) >= 11 is 0. The Labute approximate surface area is 94.3 Å². The Bertz CT molecular complexity index is 322. The van der Waals surface area contributed by atoms with Gasteiger partial charge in [-0.05, 0) is 19.4 Å². The largest absolute Gasteiger partial charge is 0.386 e. The summed E-state index contributed by atoms with van der Waals surface area (Å²) in [7, 11) is 0. The van der Waals surface area contributed by atoms with Gasteiger partial charge in [-0.2, -0.15) is 0 Å². The van der Waals surface area contributed by atoms with E-state index in [4.69, 9.17) is 5.11 Å². The summed E-state index contributed by atoms with van der Waals surface area (Å²) in [6.07, 6.45) is -4.28. The molecule has 0 saturated heterocycles. The highest BCUT2D eigenvalue weighted by molar-refractivity contribution is 5.28. The topological polar surface area (TPSA) is 32.3 Å². The predicted octanol–water partition coefficient (Wildman–Crippen LogP) is 2.02. The van der Waals surface area contributed by atoms with Crippen LogP contribution in [0, 0.1) is 13.8 Å². The smallest absolute Gasteiger partial charge is 0.265 e. The van der Waals surface area contributed by atoms with Crippen molar-refractivity contribution in [3.63, 3.8) is 0 Å². The first-order chi connectivity index (χ1) is 7.49. The first kappa shape index (κ1) is 13.1. The van der Waals surface area contributed by atoms with Crippen molar-refractivity contribution in [3.8, 4) is 0 Å². The number of aryl methyl sites for hydroxylation is 2. The number of aliphatic hydroxyl groups is 1. The summed E-state index contributed by atoms with van der Waals surface area (Å²) in [6.45, 7) is 4.38. The maximum Gasteiger partial charge on any atom is 0.265 e. The number of aliphatic hydroxyl groups excluding tert-OH is 1. The first-order valence-corrected chi connectivity index (χ1v) is 5.23. The maximum atomic E-state index is 12.0. The minimum Gasteiger partial charge on any atom is -0.386 e. The fourth-order valence-corrected chi connectivity index (χ4v) is 1.62. The lowest BCUT2D eigenvalue weighted by Gasteiger charge is -2.11. The highest BCUT2D eigenvalue weighted by atomic mass is 19.3. The third-order valence-electron chi connectivity index (χ3n) is 2.25. The van der Waals surface area contributed by atoms with Crippen molar-refractivity contribution in [2.45, 2.75) is 32.9 Å². The molecule has 1 aromatic rings. The summed E-state index contributed by atoms with van der Waals surface area (Å²) in [6, 6.07) is 6.04. The quantitative estimate of drug-likeness (QED) is 0.809. The zero-order valence-corrected chi connectivity index (χ0v) is 9.50. The Kier molecular flexibility index (Phi) is 4.83. The molecular formula is C12H17F2NO. The summed E-state index contributed by atoms with van der Waals surface area (Å²) in [5.41, 5.74) is 3.33. The van der Waals surface area contributed by atoms with Crippen LogP contribution in [0.4, 0.5) is 8.78 Å². The number of nitrogens with one attached hydrogen (secondary N) is 1. The van der Waals surface area contributed by atoms with Crippen molar-refractivity contribution in [1.82, 2.24) is 5.32 Å². The number of rotatable bonds is 5. The molecule has 0 spiro atoms. The molecule has 0 bridgehead atoms. The van der Waals surface area contributed by atoms with Gasteiger partial charge in [0.15, 0.2) is 0 Å². The van der Waals surface area contributed by atoms with Gasteiger partial charge in [-0.1, -0.05) is 29.3 Å². The average Bonchev–Trinajstić information content (AvgIpc) is 2.15. The molecule has 0 aromatic heterocycles. The van der Waals surface area contributed by atoms with Crippen LogP contribution in [-0.4, -0.2) is 24.2 Å². The molecule has 0 saturated carbocycles. The molecule has 0 aliphatic rings. The van der Waals surface area contributed by atoms with E-state index < -0.39 is 12.5 Å². The first-order valence-electron chi connectivity index (χ1n) is 5.23. The van der Waals surface area contributed by atoms with Crippen molar-refractivity contribution >= 4 is 0 Å². The van der Waals surface area contributed by atoms with Gasteiger partial charge in [0.1, 0.15) is 6.10 Å². The summed E-state index contributed by atoms with van der Waals surface area (Å²) in [5, 5.41) is 11.7. The van der Waals surface area contributed by atoms with Crippen LogP contribution in [0.1, 0.15) is 16.7 Å². The third kappa shape index (κ3) is 4.24. The van der Waals surface area contributed by atoms with Crippen molar-refractivity contribution in [2.75, 3.05) is 6.54 Å². The molecule has 0 amide bonds. The van der Waals surface area contributed by atoms with Gasteiger partial charge in [0.05, 0.1) is 0 Å². The fraction of sp³-hybridized carbons (Fsp3) is 0.500. The Morgan fingerprint density at radius 3 is 2.25 bits per heavy atom. The Hall–Kier alpha value is -1.00. The molecule has 0 radical (unpaired) electrons. The number of hydrogen-bond acceptors (Lipinski definition) is 2. The van der Waals surface area contributed by atoms with Crippen LogP contribution >= 0.6 is 0 Å². The molecule has 1 atom stereocenters. The molecule has 2 N–H and O–H groups in total. The zero-order valence-electron chi connectivity index (χ0n) is 9.50. The van der Waals surface area contributed by atoms with E-state index in [0.29, 0.717) is 6.54 Å². The van der Waals surface area contributed by atoms with Gasteiger partial charge in [0.2, 0.25) is 0 Å². The average molecular weight is 229 g/mol. The molecule has 16 heavy (non-hydrogen) atoms. The predicted molar refractivity (Wildman–Crippen MR) is 59.6 cm³/mol. The minimum absolute atomic E-state index is 0.0926. The normalized spacial score (nSPS) is 13.1. The standard InChI is InChI=1S/C12H17F2NO/c1-8-3-9(2)5-10(4-8)6-15-7-11(16)12(13)14/h3-5,11-12,15-16H,6-7H2,1-2H3. The molecule has 2 nitrogen and oxygen atoms in total. The van der Waals surface area contributed by atoms with Gasteiger partial charge < -0.3 is 10.4 Å². The van der Waals surface area contributed by atoms with Gasteiger partial charge in [-0.15, -0.1) is 0 Å². The second-order valence-electron chi connectivity index (χ2n) is 4.03. The van der Waals surface area contributed by atoms with E-state index in [9.17, 15) is 8.78 Å². The van der Waals surface area contributed by atoms with Gasteiger partial charge in [0.25, 0.3) is 6.43 Å². The summed E-state index contributed by atoms with van der Waals surface area (Å²) in [4.78, 5) is 0. The highest BCUT2D eigenvalue weighted by Gasteiger charge is 2.15. The minimum atomic E-state index is -2.69. The number of halogens is 2. The number of alkyl halides is 2. The number of hydrogen-bond donors (Lipinski definition) is 2. The zero-order chi connectivity index (χ0) is 12.1. The maximum absolute atomic E-state index is 12.0. The van der Waals surface area contributed by atoms with Crippen molar-refractivity contribution in [2.24, 2.45) is 0 Å². The molecule has 0 heterocycles. The lowest BCUT2D eigenvalue weighted by molar-refractivity contribution is -0.00340. The van der Waals surface area contributed by atoms with E-state index >= 15 is 0 Å².